The average molecular weight is 835 g/mol. The first-order valence-corrected chi connectivity index (χ1v) is 19.1. The zero-order chi connectivity index (χ0) is 43.3. The molecule has 3 fully saturated rings. The maximum atomic E-state index is 17.8. The van der Waals surface area contributed by atoms with E-state index in [-0.39, 0.29) is 74.6 Å². The molecule has 1 N–H and O–H groups in total. The fourth-order valence-electron chi connectivity index (χ4n) is 9.81. The zero-order valence-corrected chi connectivity index (χ0v) is 33.0. The van der Waals surface area contributed by atoms with E-state index in [2.05, 4.69) is 9.68 Å². The number of carbonyl (C=O) groups excluding carboxylic acids is 5. The van der Waals surface area contributed by atoms with Gasteiger partial charge in [0.15, 0.2) is 35.2 Å². The lowest BCUT2D eigenvalue weighted by Gasteiger charge is -2.62. The molecule has 0 aliphatic heterocycles. The molecular weight excluding hydrogens is 787 g/mol. The number of aliphatic hydroxyl groups excluding tert-OH is 1. The number of Topliss-reactive ketones (excluding diaryl/α,β-unsaturated/α-hetero) is 1. The summed E-state index contributed by atoms with van der Waals surface area (Å²) in [6, 6.07) is 3.71. The highest BCUT2D eigenvalue weighted by Crippen LogP contribution is 2.71. The number of methoxy groups -OCH3 is 1. The van der Waals surface area contributed by atoms with Gasteiger partial charge in [0, 0.05) is 29.1 Å². The first-order valence-electron chi connectivity index (χ1n) is 19.1. The lowest BCUT2D eigenvalue weighted by atomic mass is 9.44. The predicted molar refractivity (Wildman–Crippen MR) is 196 cm³/mol. The lowest BCUT2D eigenvalue weighted by Crippen LogP contribution is -2.70. The molecule has 0 heterocycles. The van der Waals surface area contributed by atoms with Gasteiger partial charge in [0.25, 0.3) is 10.2 Å². The molecule has 3 saturated carbocycles. The monoisotopic (exact) mass is 834 g/mol. The minimum Gasteiger partial charge on any atom is -0.493 e. The van der Waals surface area contributed by atoms with Crippen LogP contribution in [0.4, 0.5) is 9.18 Å². The summed E-state index contributed by atoms with van der Waals surface area (Å²) in [4.78, 5) is 95.3. The van der Waals surface area contributed by atoms with E-state index in [4.69, 9.17) is 23.7 Å². The molecule has 1 aromatic rings. The molecule has 0 saturated heterocycles. The summed E-state index contributed by atoms with van der Waals surface area (Å²) in [5, 5.41) is 30.8. The van der Waals surface area contributed by atoms with E-state index in [0.29, 0.717) is 12.0 Å². The molecule has 0 spiro atoms. The number of alkyl halides is 1. The summed E-state index contributed by atoms with van der Waals surface area (Å²) in [6.45, 7) is 3.29. The van der Waals surface area contributed by atoms with Crippen LogP contribution in [0.2, 0.25) is 0 Å². The third-order valence-corrected chi connectivity index (χ3v) is 12.5. The Labute approximate surface area is 337 Å². The van der Waals surface area contributed by atoms with Gasteiger partial charge < -0.3 is 38.5 Å². The van der Waals surface area contributed by atoms with Crippen molar-refractivity contribution in [3.63, 3.8) is 0 Å². The van der Waals surface area contributed by atoms with Gasteiger partial charge in [-0.2, -0.15) is 0 Å². The molecule has 8 atom stereocenters. The number of benzene rings is 1. The number of ether oxygens (including phenoxy) is 5. The number of hydrogen-bond donors (Lipinski definition) is 1. The minimum absolute atomic E-state index is 0.0187. The molecule has 0 aromatic heterocycles. The Morgan fingerprint density at radius 3 is 2.32 bits per heavy atom. The summed E-state index contributed by atoms with van der Waals surface area (Å²) in [7, 11) is 1.24. The van der Waals surface area contributed by atoms with Crippen molar-refractivity contribution < 1.29 is 77.0 Å². The van der Waals surface area contributed by atoms with E-state index in [0.717, 1.165) is 0 Å². The van der Waals surface area contributed by atoms with E-state index < -0.39 is 99.6 Å². The Kier molecular flexibility index (Phi) is 13.3. The van der Waals surface area contributed by atoms with E-state index in [1.807, 2.05) is 0 Å². The summed E-state index contributed by atoms with van der Waals surface area (Å²) >= 11 is 0. The largest absolute Gasteiger partial charge is 0.514 e. The Bertz CT molecular complexity index is 1920. The summed E-state index contributed by atoms with van der Waals surface area (Å²) < 4.78 is 44.9. The van der Waals surface area contributed by atoms with Gasteiger partial charge >= 0.3 is 18.1 Å². The number of ketones is 2. The van der Waals surface area contributed by atoms with Crippen molar-refractivity contribution in [3.05, 3.63) is 67.8 Å². The van der Waals surface area contributed by atoms with E-state index in [9.17, 15) is 49.3 Å². The molecule has 4 aliphatic carbocycles. The third-order valence-electron chi connectivity index (χ3n) is 12.5. The number of rotatable bonds is 18. The van der Waals surface area contributed by atoms with Crippen LogP contribution in [-0.4, -0.2) is 95.9 Å². The number of fused-ring (bicyclic) bond motifs is 5. The highest BCUT2D eigenvalue weighted by molar-refractivity contribution is 6.01. The van der Waals surface area contributed by atoms with Crippen LogP contribution in [0, 0.1) is 48.8 Å². The fourth-order valence-corrected chi connectivity index (χ4v) is 9.81. The first kappa shape index (κ1) is 44.4. The normalized spacial score (nSPS) is 30.3. The molecule has 1 aromatic carbocycles. The number of esters is 2. The molecule has 0 bridgehead atoms. The van der Waals surface area contributed by atoms with Gasteiger partial charge in [0.1, 0.15) is 0 Å². The summed E-state index contributed by atoms with van der Waals surface area (Å²) in [5.74, 6) is -5.43. The van der Waals surface area contributed by atoms with Crippen molar-refractivity contribution in [2.45, 2.75) is 89.5 Å². The van der Waals surface area contributed by atoms with E-state index in [1.165, 1.54) is 43.5 Å². The molecule has 0 radical (unpaired) electrons. The van der Waals surface area contributed by atoms with E-state index >= 15 is 4.39 Å². The third kappa shape index (κ3) is 8.44. The highest BCUT2D eigenvalue weighted by atomic mass is 19.1. The standard InChI is InChI=1S/C39H47FN2O17/c1-23-18-28-27-11-10-25-20-26(43)13-14-36(25,2)38(27,40)31(44)21-37(28,3)39(23,59-33(46)8-7-17-57-42(51)52)32(45)22-55-35(48)58-29-12-9-24(19-30(29)53-4)34(47)54-15-5-6-16-56-41(49)50/h9,12-14,19-20,23,27-28,31,44H,5-8,10-11,15-18,21-22H2,1-4H3/t23-,27?,28?,31-,36-,37-,38-,39-/m0/s1. The smallest absolute Gasteiger partial charge is 0.493 e. The molecule has 19 nitrogen and oxygen atoms in total. The highest BCUT2D eigenvalue weighted by Gasteiger charge is 2.77. The van der Waals surface area contributed by atoms with Crippen molar-refractivity contribution in [2.75, 3.05) is 33.5 Å². The Balaban J connectivity index is 1.34. The second-order valence-corrected chi connectivity index (χ2v) is 15.6. The van der Waals surface area contributed by atoms with Gasteiger partial charge in [0.05, 0.1) is 38.6 Å². The molecule has 0 amide bonds. The van der Waals surface area contributed by atoms with Crippen LogP contribution in [0.1, 0.15) is 82.5 Å². The number of allylic oxidation sites excluding steroid dienone is 4. The van der Waals surface area contributed by atoms with Crippen LogP contribution in [-0.2, 0) is 38.3 Å². The molecule has 5 rings (SSSR count). The van der Waals surface area contributed by atoms with Crippen molar-refractivity contribution in [3.8, 4) is 11.5 Å². The van der Waals surface area contributed by atoms with Crippen molar-refractivity contribution in [1.29, 1.82) is 0 Å². The summed E-state index contributed by atoms with van der Waals surface area (Å²) in [5.41, 5.74) is -6.51. The van der Waals surface area contributed by atoms with Crippen molar-refractivity contribution >= 4 is 29.7 Å². The molecule has 20 heteroatoms. The molecule has 4 aliphatic rings. The number of aliphatic hydroxyl groups is 1. The number of nitrogens with zero attached hydrogens (tertiary/aromatic N) is 2. The van der Waals surface area contributed by atoms with Gasteiger partial charge in [-0.05, 0) is 88.1 Å². The zero-order valence-electron chi connectivity index (χ0n) is 33.0. The molecular formula is C39H47FN2O17. The maximum Gasteiger partial charge on any atom is 0.514 e. The number of halogens is 1. The second-order valence-electron chi connectivity index (χ2n) is 15.6. The SMILES string of the molecule is COc1cc(C(=O)OCCCCO[N+](=O)[O-])ccc1OC(=O)OCC(=O)[C@@]1(OC(=O)CCCO[N+](=O)[O-])[C@@H](C)CC2C3CCC4=CC(=O)C=C[C@]4(C)[C@@]3(F)[C@@H](O)C[C@@]21C. The molecule has 59 heavy (non-hydrogen) atoms. The van der Waals surface area contributed by atoms with E-state index in [1.54, 1.807) is 20.8 Å². The van der Waals surface area contributed by atoms with Crippen molar-refractivity contribution in [2.24, 2.45) is 28.6 Å². The Hall–Kier alpha value is -5.66. The van der Waals surface area contributed by atoms with Gasteiger partial charge in [-0.1, -0.05) is 25.5 Å². The predicted octanol–water partition coefficient (Wildman–Crippen LogP) is 4.81. The van der Waals surface area contributed by atoms with Crippen LogP contribution >= 0.6 is 0 Å². The Morgan fingerprint density at radius 2 is 1.64 bits per heavy atom. The number of hydrogen-bond acceptors (Lipinski definition) is 17. The lowest BCUT2D eigenvalue weighted by molar-refractivity contribution is -0.757. The van der Waals surface area contributed by atoms with Gasteiger partial charge in [-0.15, -0.1) is 20.2 Å². The van der Waals surface area contributed by atoms with Gasteiger partial charge in [-0.3, -0.25) is 14.4 Å². The van der Waals surface area contributed by atoms with Crippen LogP contribution in [0.3, 0.4) is 0 Å². The average Bonchev–Trinajstić information content (AvgIpc) is 3.39. The topological polar surface area (TPSA) is 256 Å². The van der Waals surface area contributed by atoms with Crippen LogP contribution in [0.5, 0.6) is 11.5 Å². The minimum atomic E-state index is -2.26. The second kappa shape index (κ2) is 17.7. The fraction of sp³-hybridized carbons (Fsp3) is 0.615. The van der Waals surface area contributed by atoms with Gasteiger partial charge in [0.2, 0.25) is 5.78 Å². The number of unbranched alkanes of at least 4 members (excludes halogenated alkanes) is 1. The van der Waals surface area contributed by atoms with Crippen LogP contribution in [0.25, 0.3) is 0 Å². The van der Waals surface area contributed by atoms with Crippen molar-refractivity contribution in [1.82, 2.24) is 0 Å². The molecule has 2 unspecified atom stereocenters. The molecule has 322 valence electrons. The van der Waals surface area contributed by atoms with Crippen LogP contribution < -0.4 is 9.47 Å². The quantitative estimate of drug-likeness (QED) is 0.0519. The summed E-state index contributed by atoms with van der Waals surface area (Å²) in [6.07, 6.45) is 1.50. The Morgan fingerprint density at radius 1 is 0.966 bits per heavy atom. The van der Waals surface area contributed by atoms with Gasteiger partial charge in [-0.25, -0.2) is 14.0 Å². The van der Waals surface area contributed by atoms with Crippen LogP contribution in [0.15, 0.2) is 42.0 Å². The number of carbonyl (C=O) groups is 5. The first-order chi connectivity index (χ1) is 27.8. The maximum absolute atomic E-state index is 17.8.